The summed E-state index contributed by atoms with van der Waals surface area (Å²) in [6.07, 6.45) is 1.94. The first-order valence-corrected chi connectivity index (χ1v) is 8.85. The molecule has 0 aliphatic rings. The third-order valence-corrected chi connectivity index (χ3v) is 4.20. The molecule has 0 aliphatic heterocycles. The molecule has 5 nitrogen and oxygen atoms in total. The zero-order valence-electron chi connectivity index (χ0n) is 13.7. The third-order valence-electron chi connectivity index (χ3n) is 3.41. The summed E-state index contributed by atoms with van der Waals surface area (Å²) in [4.78, 5) is 25.1. The Bertz CT molecular complexity index is 692. The van der Waals surface area contributed by atoms with Crippen LogP contribution in [0.15, 0.2) is 59.5 Å². The molecule has 3 N–H and O–H groups in total. The van der Waals surface area contributed by atoms with Crippen LogP contribution in [-0.2, 0) is 11.3 Å². The lowest BCUT2D eigenvalue weighted by molar-refractivity contribution is -0.122. The number of carbonyl (C=O) groups excluding carboxylic acids is 2. The predicted octanol–water partition coefficient (Wildman–Crippen LogP) is 3.23. The second kappa shape index (κ2) is 8.98. The lowest BCUT2D eigenvalue weighted by Crippen LogP contribution is -2.46. The highest BCUT2D eigenvalue weighted by molar-refractivity contribution is 7.98. The van der Waals surface area contributed by atoms with Crippen molar-refractivity contribution in [2.24, 2.45) is 0 Å². The lowest BCUT2D eigenvalue weighted by atomic mass is 10.2. The minimum absolute atomic E-state index is 0.229. The Morgan fingerprint density at radius 2 is 1.71 bits per heavy atom. The van der Waals surface area contributed by atoms with Crippen molar-refractivity contribution in [3.8, 4) is 0 Å². The molecule has 126 valence electrons. The van der Waals surface area contributed by atoms with Crippen LogP contribution < -0.4 is 16.0 Å². The van der Waals surface area contributed by atoms with Crippen LogP contribution in [0.1, 0.15) is 12.5 Å². The molecule has 2 rings (SSSR count). The van der Waals surface area contributed by atoms with E-state index in [1.807, 2.05) is 60.9 Å². The van der Waals surface area contributed by atoms with E-state index in [1.165, 1.54) is 0 Å². The van der Waals surface area contributed by atoms with Crippen LogP contribution >= 0.6 is 11.8 Å². The van der Waals surface area contributed by atoms with Crippen LogP contribution in [-0.4, -0.2) is 24.2 Å². The summed E-state index contributed by atoms with van der Waals surface area (Å²) in [5.41, 5.74) is 1.73. The standard InChI is InChI=1S/C18H21N3O2S/c1-13(17(22)19-12-14-8-4-3-5-9-14)20-18(23)21-15-10-6-7-11-16(15)24-2/h3-11,13H,12H2,1-2H3,(H,19,22)(H2,20,21,23)/t13-/m0/s1. The van der Waals surface area contributed by atoms with Gasteiger partial charge in [-0.3, -0.25) is 4.79 Å². The highest BCUT2D eigenvalue weighted by Gasteiger charge is 2.15. The number of benzene rings is 2. The van der Waals surface area contributed by atoms with Crippen LogP contribution in [0, 0.1) is 0 Å². The minimum Gasteiger partial charge on any atom is -0.350 e. The Kier molecular flexibility index (Phi) is 6.69. The molecule has 0 aromatic heterocycles. The number of thioether (sulfide) groups is 1. The van der Waals surface area contributed by atoms with Crippen molar-refractivity contribution in [2.75, 3.05) is 11.6 Å². The van der Waals surface area contributed by atoms with Crippen molar-refractivity contribution in [3.63, 3.8) is 0 Å². The van der Waals surface area contributed by atoms with Crippen molar-refractivity contribution in [2.45, 2.75) is 24.4 Å². The van der Waals surface area contributed by atoms with E-state index in [0.717, 1.165) is 16.1 Å². The van der Waals surface area contributed by atoms with E-state index in [1.54, 1.807) is 18.7 Å². The largest absolute Gasteiger partial charge is 0.350 e. The Balaban J connectivity index is 1.83. The molecule has 2 aromatic rings. The van der Waals surface area contributed by atoms with Crippen LogP contribution in [0.5, 0.6) is 0 Å². The SMILES string of the molecule is CSc1ccccc1NC(=O)N[C@@H](C)C(=O)NCc1ccccc1. The van der Waals surface area contributed by atoms with Crippen LogP contribution in [0.4, 0.5) is 10.5 Å². The van der Waals surface area contributed by atoms with E-state index in [-0.39, 0.29) is 5.91 Å². The summed E-state index contributed by atoms with van der Waals surface area (Å²) in [5.74, 6) is -0.229. The molecule has 2 aromatic carbocycles. The fourth-order valence-corrected chi connectivity index (χ4v) is 2.66. The normalized spacial score (nSPS) is 11.4. The molecule has 1 atom stereocenters. The molecule has 0 radical (unpaired) electrons. The first kappa shape index (κ1) is 17.9. The van der Waals surface area contributed by atoms with Crippen molar-refractivity contribution in [1.82, 2.24) is 10.6 Å². The Morgan fingerprint density at radius 3 is 2.42 bits per heavy atom. The molecular weight excluding hydrogens is 322 g/mol. The maximum atomic E-state index is 12.1. The maximum absolute atomic E-state index is 12.1. The number of amides is 3. The molecule has 0 saturated carbocycles. The predicted molar refractivity (Wildman–Crippen MR) is 98.1 cm³/mol. The van der Waals surface area contributed by atoms with E-state index in [2.05, 4.69) is 16.0 Å². The van der Waals surface area contributed by atoms with Crippen molar-refractivity contribution < 1.29 is 9.59 Å². The van der Waals surface area contributed by atoms with Gasteiger partial charge < -0.3 is 16.0 Å². The summed E-state index contributed by atoms with van der Waals surface area (Å²) < 4.78 is 0. The Labute approximate surface area is 146 Å². The highest BCUT2D eigenvalue weighted by Crippen LogP contribution is 2.24. The Morgan fingerprint density at radius 1 is 1.04 bits per heavy atom. The molecule has 0 bridgehead atoms. The Hall–Kier alpha value is -2.47. The van der Waals surface area contributed by atoms with Gasteiger partial charge in [0, 0.05) is 11.4 Å². The maximum Gasteiger partial charge on any atom is 0.319 e. The summed E-state index contributed by atoms with van der Waals surface area (Å²) in [5, 5.41) is 8.22. The summed E-state index contributed by atoms with van der Waals surface area (Å²) >= 11 is 1.55. The number of carbonyl (C=O) groups is 2. The van der Waals surface area contributed by atoms with Gasteiger partial charge in [-0.2, -0.15) is 0 Å². The first-order chi connectivity index (χ1) is 11.6. The van der Waals surface area contributed by atoms with E-state index in [9.17, 15) is 9.59 Å². The van der Waals surface area contributed by atoms with Crippen LogP contribution in [0.25, 0.3) is 0 Å². The second-order valence-electron chi connectivity index (χ2n) is 5.22. The number of urea groups is 1. The van der Waals surface area contributed by atoms with Gasteiger partial charge in [0.15, 0.2) is 0 Å². The van der Waals surface area contributed by atoms with E-state index >= 15 is 0 Å². The fourth-order valence-electron chi connectivity index (χ4n) is 2.11. The minimum atomic E-state index is -0.629. The molecule has 0 unspecified atom stereocenters. The molecule has 0 fully saturated rings. The molecule has 24 heavy (non-hydrogen) atoms. The van der Waals surface area contributed by atoms with Gasteiger partial charge in [-0.1, -0.05) is 42.5 Å². The quantitative estimate of drug-likeness (QED) is 0.705. The second-order valence-corrected chi connectivity index (χ2v) is 6.07. The molecule has 0 heterocycles. The van der Waals surface area contributed by atoms with E-state index < -0.39 is 12.1 Å². The average molecular weight is 343 g/mol. The smallest absolute Gasteiger partial charge is 0.319 e. The van der Waals surface area contributed by atoms with E-state index in [4.69, 9.17) is 0 Å². The number of rotatable bonds is 6. The van der Waals surface area contributed by atoms with Crippen molar-refractivity contribution in [1.29, 1.82) is 0 Å². The van der Waals surface area contributed by atoms with Gasteiger partial charge >= 0.3 is 6.03 Å². The molecular formula is C18H21N3O2S. The molecule has 6 heteroatoms. The number of anilines is 1. The number of hydrogen-bond donors (Lipinski definition) is 3. The lowest BCUT2D eigenvalue weighted by Gasteiger charge is -2.16. The molecule has 3 amide bonds. The van der Waals surface area contributed by atoms with Gasteiger partial charge in [-0.15, -0.1) is 11.8 Å². The summed E-state index contributed by atoms with van der Waals surface area (Å²) in [7, 11) is 0. The zero-order chi connectivity index (χ0) is 17.4. The molecule has 0 aliphatic carbocycles. The van der Waals surface area contributed by atoms with Crippen LogP contribution in [0.2, 0.25) is 0 Å². The molecule has 0 saturated heterocycles. The first-order valence-electron chi connectivity index (χ1n) is 7.62. The fraction of sp³-hybridized carbons (Fsp3) is 0.222. The molecule has 0 spiro atoms. The van der Waals surface area contributed by atoms with Gasteiger partial charge in [0.2, 0.25) is 5.91 Å². The van der Waals surface area contributed by atoms with Crippen molar-refractivity contribution in [3.05, 3.63) is 60.2 Å². The average Bonchev–Trinajstić information content (AvgIpc) is 2.60. The van der Waals surface area contributed by atoms with Gasteiger partial charge in [0.05, 0.1) is 5.69 Å². The monoisotopic (exact) mass is 343 g/mol. The van der Waals surface area contributed by atoms with Gasteiger partial charge in [0.25, 0.3) is 0 Å². The van der Waals surface area contributed by atoms with Gasteiger partial charge in [-0.25, -0.2) is 4.79 Å². The number of para-hydroxylation sites is 1. The van der Waals surface area contributed by atoms with Gasteiger partial charge in [-0.05, 0) is 30.9 Å². The summed E-state index contributed by atoms with van der Waals surface area (Å²) in [6, 6.07) is 16.1. The topological polar surface area (TPSA) is 70.2 Å². The van der Waals surface area contributed by atoms with Crippen molar-refractivity contribution >= 4 is 29.4 Å². The van der Waals surface area contributed by atoms with E-state index in [0.29, 0.717) is 6.54 Å². The third kappa shape index (κ3) is 5.31. The number of hydrogen-bond acceptors (Lipinski definition) is 3. The summed E-state index contributed by atoms with van der Waals surface area (Å²) in [6.45, 7) is 2.09. The van der Waals surface area contributed by atoms with Gasteiger partial charge in [0.1, 0.15) is 6.04 Å². The van der Waals surface area contributed by atoms with Crippen LogP contribution in [0.3, 0.4) is 0 Å². The highest BCUT2D eigenvalue weighted by atomic mass is 32.2. The zero-order valence-corrected chi connectivity index (χ0v) is 14.5. The number of nitrogens with one attached hydrogen (secondary N) is 3.